The molecule has 0 bridgehead atoms. The number of ether oxygens (including phenoxy) is 3. The van der Waals surface area contributed by atoms with Gasteiger partial charge in [0.05, 0.1) is 27.0 Å². The first-order valence-electron chi connectivity index (χ1n) is 8.78. The molecule has 1 heterocycles. The Kier molecular flexibility index (Phi) is 6.12. The van der Waals surface area contributed by atoms with Crippen molar-refractivity contribution >= 4 is 45.5 Å². The third kappa shape index (κ3) is 3.88. The minimum Gasteiger partial charge on any atom is -0.493 e. The van der Waals surface area contributed by atoms with Crippen LogP contribution in [0.4, 0.5) is 10.5 Å². The molecule has 2 aromatic carbocycles. The Bertz CT molecular complexity index is 1050. The van der Waals surface area contributed by atoms with E-state index in [0.29, 0.717) is 28.5 Å². The van der Waals surface area contributed by atoms with E-state index in [-0.39, 0.29) is 5.57 Å². The lowest BCUT2D eigenvalue weighted by Crippen LogP contribution is -2.54. The van der Waals surface area contributed by atoms with Crippen molar-refractivity contribution in [3.05, 3.63) is 51.5 Å². The van der Waals surface area contributed by atoms with Crippen molar-refractivity contribution in [2.75, 3.05) is 26.2 Å². The molecule has 0 saturated carbocycles. The molecule has 1 aliphatic heterocycles. The molecular formula is C21H19BrN2O6. The molecule has 1 saturated heterocycles. The Morgan fingerprint density at radius 3 is 2.13 bits per heavy atom. The Balaban J connectivity index is 2.07. The molecule has 1 N–H and O–H groups in total. The molecule has 0 aromatic heterocycles. The minimum absolute atomic E-state index is 0.204. The lowest BCUT2D eigenvalue weighted by Gasteiger charge is -2.26. The van der Waals surface area contributed by atoms with Crippen molar-refractivity contribution in [1.29, 1.82) is 0 Å². The molecule has 0 radical (unpaired) electrons. The molecule has 30 heavy (non-hydrogen) atoms. The molecule has 0 spiro atoms. The van der Waals surface area contributed by atoms with E-state index in [0.717, 1.165) is 14.9 Å². The summed E-state index contributed by atoms with van der Waals surface area (Å²) in [7, 11) is 4.40. The number of carbonyl (C=O) groups is 3. The first kappa shape index (κ1) is 21.4. The van der Waals surface area contributed by atoms with Crippen LogP contribution in [0.1, 0.15) is 11.1 Å². The summed E-state index contributed by atoms with van der Waals surface area (Å²) >= 11 is 3.38. The number of imide groups is 2. The van der Waals surface area contributed by atoms with Gasteiger partial charge in [0.25, 0.3) is 11.8 Å². The van der Waals surface area contributed by atoms with E-state index in [9.17, 15) is 14.4 Å². The number of rotatable bonds is 5. The number of hydrogen-bond acceptors (Lipinski definition) is 6. The van der Waals surface area contributed by atoms with Crippen LogP contribution in [0.5, 0.6) is 17.2 Å². The number of carbonyl (C=O) groups excluding carboxylic acids is 3. The highest BCUT2D eigenvalue weighted by Crippen LogP contribution is 2.39. The molecule has 9 heteroatoms. The van der Waals surface area contributed by atoms with Gasteiger partial charge in [-0.1, -0.05) is 15.9 Å². The number of hydrogen-bond donors (Lipinski definition) is 1. The number of nitrogens with one attached hydrogen (secondary N) is 1. The van der Waals surface area contributed by atoms with Crippen LogP contribution in [0, 0.1) is 6.92 Å². The fourth-order valence-electron chi connectivity index (χ4n) is 3.01. The zero-order chi connectivity index (χ0) is 22.0. The topological polar surface area (TPSA) is 94.2 Å². The predicted molar refractivity (Wildman–Crippen MR) is 114 cm³/mol. The first-order valence-corrected chi connectivity index (χ1v) is 9.57. The van der Waals surface area contributed by atoms with Crippen LogP contribution >= 0.6 is 15.9 Å². The second-order valence-corrected chi connectivity index (χ2v) is 7.20. The van der Waals surface area contributed by atoms with E-state index in [1.54, 1.807) is 30.3 Å². The number of anilines is 1. The maximum Gasteiger partial charge on any atom is 0.335 e. The zero-order valence-corrected chi connectivity index (χ0v) is 18.3. The average Bonchev–Trinajstić information content (AvgIpc) is 2.72. The Morgan fingerprint density at radius 2 is 1.60 bits per heavy atom. The predicted octanol–water partition coefficient (Wildman–Crippen LogP) is 3.45. The van der Waals surface area contributed by atoms with E-state index >= 15 is 0 Å². The van der Waals surface area contributed by atoms with Gasteiger partial charge in [-0.05, 0) is 54.5 Å². The first-order chi connectivity index (χ1) is 14.3. The van der Waals surface area contributed by atoms with Crippen LogP contribution in [-0.4, -0.2) is 39.2 Å². The van der Waals surface area contributed by atoms with Crippen molar-refractivity contribution < 1.29 is 28.6 Å². The number of halogens is 1. The van der Waals surface area contributed by atoms with Gasteiger partial charge in [0.15, 0.2) is 11.5 Å². The van der Waals surface area contributed by atoms with Crippen LogP contribution in [-0.2, 0) is 9.59 Å². The van der Waals surface area contributed by atoms with Gasteiger partial charge in [-0.2, -0.15) is 0 Å². The third-order valence-electron chi connectivity index (χ3n) is 4.50. The molecule has 0 unspecified atom stereocenters. The standard InChI is InChI=1S/C21H19BrN2O6/c1-11-7-13(5-6-15(11)22)24-20(26)14(19(25)23-21(24)27)8-12-9-16(28-2)18(30-4)17(10-12)29-3/h5-10H,1-4H3,(H,23,25,27)/b14-8-. The van der Waals surface area contributed by atoms with E-state index in [1.165, 1.54) is 27.4 Å². The number of aryl methyl sites for hydroxylation is 1. The van der Waals surface area contributed by atoms with Crippen molar-refractivity contribution in [2.45, 2.75) is 6.92 Å². The number of methoxy groups -OCH3 is 3. The summed E-state index contributed by atoms with van der Waals surface area (Å²) in [6.45, 7) is 1.83. The van der Waals surface area contributed by atoms with E-state index in [1.807, 2.05) is 6.92 Å². The normalized spacial score (nSPS) is 15.3. The van der Waals surface area contributed by atoms with Crippen LogP contribution in [0.25, 0.3) is 6.08 Å². The molecule has 0 atom stereocenters. The minimum atomic E-state index is -0.811. The Hall–Kier alpha value is -3.33. The van der Waals surface area contributed by atoms with Crippen molar-refractivity contribution in [1.82, 2.24) is 5.32 Å². The maximum atomic E-state index is 13.1. The van der Waals surface area contributed by atoms with Gasteiger partial charge in [-0.15, -0.1) is 0 Å². The number of amides is 4. The summed E-state index contributed by atoms with van der Waals surface area (Å²) in [5, 5.41) is 2.20. The smallest absolute Gasteiger partial charge is 0.335 e. The quantitative estimate of drug-likeness (QED) is 0.526. The SMILES string of the molecule is COc1cc(/C=C2/C(=O)NC(=O)N(c3ccc(Br)c(C)c3)C2=O)cc(OC)c1OC. The number of benzene rings is 2. The monoisotopic (exact) mass is 474 g/mol. The van der Waals surface area contributed by atoms with Crippen LogP contribution in [0.2, 0.25) is 0 Å². The fourth-order valence-corrected chi connectivity index (χ4v) is 3.26. The molecule has 3 rings (SSSR count). The van der Waals surface area contributed by atoms with Crippen LogP contribution in [0.15, 0.2) is 40.4 Å². The van der Waals surface area contributed by atoms with Gasteiger partial charge in [0, 0.05) is 4.47 Å². The van der Waals surface area contributed by atoms with E-state index < -0.39 is 17.8 Å². The van der Waals surface area contributed by atoms with Crippen LogP contribution < -0.4 is 24.4 Å². The molecule has 4 amide bonds. The van der Waals surface area contributed by atoms with Gasteiger partial charge in [0.2, 0.25) is 5.75 Å². The molecule has 0 aliphatic carbocycles. The van der Waals surface area contributed by atoms with Crippen molar-refractivity contribution in [2.24, 2.45) is 0 Å². The molecule has 1 fully saturated rings. The van der Waals surface area contributed by atoms with Gasteiger partial charge >= 0.3 is 6.03 Å². The number of nitrogens with zero attached hydrogens (tertiary/aromatic N) is 1. The zero-order valence-electron chi connectivity index (χ0n) is 16.7. The Morgan fingerprint density at radius 1 is 0.967 bits per heavy atom. The number of urea groups is 1. The summed E-state index contributed by atoms with van der Waals surface area (Å²) in [4.78, 5) is 38.8. The molecule has 8 nitrogen and oxygen atoms in total. The van der Waals surface area contributed by atoms with Crippen molar-refractivity contribution in [3.8, 4) is 17.2 Å². The van der Waals surface area contributed by atoms with Crippen LogP contribution in [0.3, 0.4) is 0 Å². The highest BCUT2D eigenvalue weighted by Gasteiger charge is 2.37. The fraction of sp³-hybridized carbons (Fsp3) is 0.190. The third-order valence-corrected chi connectivity index (χ3v) is 5.39. The molecular weight excluding hydrogens is 456 g/mol. The molecule has 2 aromatic rings. The summed E-state index contributed by atoms with van der Waals surface area (Å²) < 4.78 is 16.7. The van der Waals surface area contributed by atoms with Gasteiger partial charge in [-0.25, -0.2) is 9.69 Å². The lowest BCUT2D eigenvalue weighted by molar-refractivity contribution is -0.122. The molecule has 156 valence electrons. The largest absolute Gasteiger partial charge is 0.493 e. The molecule has 1 aliphatic rings. The van der Waals surface area contributed by atoms with Crippen molar-refractivity contribution in [3.63, 3.8) is 0 Å². The second kappa shape index (κ2) is 8.58. The average molecular weight is 475 g/mol. The summed E-state index contributed by atoms with van der Waals surface area (Å²) in [6.07, 6.45) is 1.37. The maximum absolute atomic E-state index is 13.1. The summed E-state index contributed by atoms with van der Waals surface area (Å²) in [6, 6.07) is 7.40. The van der Waals surface area contributed by atoms with E-state index in [4.69, 9.17) is 14.2 Å². The lowest BCUT2D eigenvalue weighted by atomic mass is 10.1. The van der Waals surface area contributed by atoms with E-state index in [2.05, 4.69) is 21.2 Å². The highest BCUT2D eigenvalue weighted by molar-refractivity contribution is 9.10. The van der Waals surface area contributed by atoms with Gasteiger partial charge < -0.3 is 14.2 Å². The second-order valence-electron chi connectivity index (χ2n) is 6.35. The van der Waals surface area contributed by atoms with Gasteiger partial charge in [-0.3, -0.25) is 14.9 Å². The Labute approximate surface area is 181 Å². The summed E-state index contributed by atoms with van der Waals surface area (Å²) in [5.74, 6) is -0.417. The van der Waals surface area contributed by atoms with Gasteiger partial charge in [0.1, 0.15) is 5.57 Å². The number of barbiturate groups is 1. The summed E-state index contributed by atoms with van der Waals surface area (Å²) in [5.41, 5.74) is 1.44. The highest BCUT2D eigenvalue weighted by atomic mass is 79.9.